The van der Waals surface area contributed by atoms with Crippen LogP contribution in [0.1, 0.15) is 48.9 Å². The molecule has 2 bridgehead atoms. The van der Waals surface area contributed by atoms with E-state index in [-0.39, 0.29) is 28.7 Å². The molecule has 0 unspecified atom stereocenters. The van der Waals surface area contributed by atoms with Gasteiger partial charge in [-0.3, -0.25) is 4.79 Å². The molecule has 4 aliphatic rings. The summed E-state index contributed by atoms with van der Waals surface area (Å²) >= 11 is 0. The Morgan fingerprint density at radius 3 is 2.48 bits per heavy atom. The van der Waals surface area contributed by atoms with E-state index in [0.29, 0.717) is 30.9 Å². The van der Waals surface area contributed by atoms with Crippen molar-refractivity contribution in [1.82, 2.24) is 9.62 Å². The van der Waals surface area contributed by atoms with E-state index < -0.39 is 21.7 Å². The van der Waals surface area contributed by atoms with Gasteiger partial charge in [-0.25, -0.2) is 8.42 Å². The van der Waals surface area contributed by atoms with Gasteiger partial charge >= 0.3 is 0 Å². The van der Waals surface area contributed by atoms with Crippen LogP contribution in [-0.4, -0.2) is 48.0 Å². The molecular weight excluding hydrogens is 390 g/mol. The molecule has 0 aromatic heterocycles. The summed E-state index contributed by atoms with van der Waals surface area (Å²) in [5, 5.41) is 22.8. The summed E-state index contributed by atoms with van der Waals surface area (Å²) < 4.78 is 27.9. The number of carbonyl (C=O) groups excluding carboxylic acids is 1. The lowest BCUT2D eigenvalue weighted by atomic mass is 9.88. The summed E-state index contributed by atoms with van der Waals surface area (Å²) in [4.78, 5) is 12.7. The van der Waals surface area contributed by atoms with E-state index in [0.717, 1.165) is 25.7 Å². The number of benzene rings is 1. The monoisotopic (exact) mass is 415 g/mol. The minimum absolute atomic E-state index is 0.141. The average Bonchev–Trinajstić information content (AvgIpc) is 3.45. The molecule has 8 heteroatoms. The van der Waals surface area contributed by atoms with E-state index >= 15 is 0 Å². The maximum Gasteiger partial charge on any atom is 0.252 e. The number of hydrogen-bond acceptors (Lipinski definition) is 5. The van der Waals surface area contributed by atoms with E-state index in [1.165, 1.54) is 28.6 Å². The van der Waals surface area contributed by atoms with E-state index in [4.69, 9.17) is 0 Å². The smallest absolute Gasteiger partial charge is 0.252 e. The van der Waals surface area contributed by atoms with Crippen molar-refractivity contribution in [3.05, 3.63) is 29.8 Å². The van der Waals surface area contributed by atoms with E-state index in [2.05, 4.69) is 11.4 Å². The zero-order valence-corrected chi connectivity index (χ0v) is 16.9. The van der Waals surface area contributed by atoms with Crippen molar-refractivity contribution in [3.8, 4) is 6.07 Å². The van der Waals surface area contributed by atoms with Gasteiger partial charge in [0.2, 0.25) is 10.0 Å². The molecule has 5 atom stereocenters. The van der Waals surface area contributed by atoms with Gasteiger partial charge in [-0.1, -0.05) is 0 Å². The molecule has 154 valence electrons. The molecule has 0 radical (unpaired) electrons. The van der Waals surface area contributed by atoms with Crippen molar-refractivity contribution in [3.63, 3.8) is 0 Å². The first kappa shape index (κ1) is 19.0. The lowest BCUT2D eigenvalue weighted by Crippen LogP contribution is -2.45. The van der Waals surface area contributed by atoms with Gasteiger partial charge in [0.25, 0.3) is 5.91 Å². The number of nitrogens with one attached hydrogen (secondary N) is 1. The molecule has 1 amide bonds. The number of sulfonamides is 1. The Morgan fingerprint density at radius 1 is 1.17 bits per heavy atom. The van der Waals surface area contributed by atoms with Gasteiger partial charge in [0.05, 0.1) is 23.1 Å². The summed E-state index contributed by atoms with van der Waals surface area (Å²) in [6.45, 7) is 0.470. The minimum Gasteiger partial charge on any atom is -0.391 e. The molecule has 1 aromatic rings. The van der Waals surface area contributed by atoms with Crippen LogP contribution in [-0.2, 0) is 10.0 Å². The number of hydrogen-bond donors (Lipinski definition) is 2. The van der Waals surface area contributed by atoms with E-state index in [9.17, 15) is 23.6 Å². The number of aliphatic hydroxyl groups excluding tert-OH is 1. The van der Waals surface area contributed by atoms with Gasteiger partial charge in [-0.15, -0.1) is 0 Å². The van der Waals surface area contributed by atoms with E-state index in [1.807, 2.05) is 0 Å². The molecule has 1 heterocycles. The van der Waals surface area contributed by atoms with Crippen molar-refractivity contribution in [2.24, 2.45) is 17.8 Å². The van der Waals surface area contributed by atoms with Crippen LogP contribution in [0, 0.1) is 29.1 Å². The number of nitriles is 1. The highest BCUT2D eigenvalue weighted by Crippen LogP contribution is 2.56. The fourth-order valence-corrected chi connectivity index (χ4v) is 7.82. The summed E-state index contributed by atoms with van der Waals surface area (Å²) in [5.41, 5.74) is -0.473. The highest BCUT2D eigenvalue weighted by molar-refractivity contribution is 7.89. The molecule has 5 rings (SSSR count). The normalized spacial score (nSPS) is 35.0. The first-order valence-corrected chi connectivity index (χ1v) is 11.8. The molecule has 4 fully saturated rings. The maximum absolute atomic E-state index is 13.2. The first-order chi connectivity index (χ1) is 13.8. The summed E-state index contributed by atoms with van der Waals surface area (Å²) in [7, 11) is -3.72. The Kier molecular flexibility index (Phi) is 4.28. The first-order valence-electron chi connectivity index (χ1n) is 10.4. The third-order valence-electron chi connectivity index (χ3n) is 7.55. The van der Waals surface area contributed by atoms with Crippen molar-refractivity contribution >= 4 is 15.9 Å². The number of nitrogens with zero attached hydrogens (tertiary/aromatic N) is 2. The molecule has 1 aromatic carbocycles. The van der Waals surface area contributed by atoms with E-state index in [1.54, 1.807) is 0 Å². The van der Waals surface area contributed by atoms with Crippen molar-refractivity contribution < 1.29 is 18.3 Å². The fourth-order valence-electron chi connectivity index (χ4n) is 6.08. The Balaban J connectivity index is 1.35. The second-order valence-corrected chi connectivity index (χ2v) is 11.0. The summed E-state index contributed by atoms with van der Waals surface area (Å²) in [6.07, 6.45) is 4.36. The van der Waals surface area contributed by atoms with Crippen LogP contribution in [0.3, 0.4) is 0 Å². The molecule has 1 aliphatic heterocycles. The lowest BCUT2D eigenvalue weighted by molar-refractivity contribution is 0.0731. The number of carbonyl (C=O) groups is 1. The van der Waals surface area contributed by atoms with Crippen LogP contribution in [0.15, 0.2) is 29.2 Å². The molecule has 3 saturated carbocycles. The number of amides is 1. The Labute approximate surface area is 170 Å². The van der Waals surface area contributed by atoms with Crippen LogP contribution in [0.2, 0.25) is 0 Å². The van der Waals surface area contributed by atoms with Crippen LogP contribution in [0.5, 0.6) is 0 Å². The largest absolute Gasteiger partial charge is 0.391 e. The third kappa shape index (κ3) is 2.82. The Morgan fingerprint density at radius 2 is 1.86 bits per heavy atom. The van der Waals surface area contributed by atoms with Crippen molar-refractivity contribution in [2.45, 2.75) is 61.1 Å². The predicted octanol–water partition coefficient (Wildman–Crippen LogP) is 1.64. The van der Waals surface area contributed by atoms with Crippen molar-refractivity contribution in [2.75, 3.05) is 6.54 Å². The second kappa shape index (κ2) is 6.53. The van der Waals surface area contributed by atoms with Gasteiger partial charge in [0.1, 0.15) is 5.54 Å². The lowest BCUT2D eigenvalue weighted by Gasteiger charge is -2.28. The Hall–Kier alpha value is -1.95. The van der Waals surface area contributed by atoms with Crippen LogP contribution < -0.4 is 5.32 Å². The van der Waals surface area contributed by atoms with Gasteiger partial charge < -0.3 is 10.4 Å². The maximum atomic E-state index is 13.2. The molecule has 7 nitrogen and oxygen atoms in total. The highest BCUT2D eigenvalue weighted by atomic mass is 32.2. The van der Waals surface area contributed by atoms with Gasteiger partial charge in [-0.05, 0) is 80.5 Å². The van der Waals surface area contributed by atoms with Gasteiger partial charge in [-0.2, -0.15) is 9.57 Å². The van der Waals surface area contributed by atoms with Gasteiger partial charge in [0.15, 0.2) is 0 Å². The number of aliphatic hydroxyl groups is 1. The quantitative estimate of drug-likeness (QED) is 0.777. The Bertz CT molecular complexity index is 976. The molecular formula is C21H25N3O4S. The predicted molar refractivity (Wildman–Crippen MR) is 104 cm³/mol. The molecule has 3 aliphatic carbocycles. The molecule has 1 saturated heterocycles. The molecule has 29 heavy (non-hydrogen) atoms. The molecule has 2 N–H and O–H groups in total. The van der Waals surface area contributed by atoms with Gasteiger partial charge in [0, 0.05) is 12.1 Å². The average molecular weight is 416 g/mol. The number of fused-ring (bicyclic) bond motifs is 1. The molecule has 0 spiro atoms. The fraction of sp³-hybridized carbons (Fsp3) is 0.619. The van der Waals surface area contributed by atoms with Crippen molar-refractivity contribution in [1.29, 1.82) is 5.26 Å². The minimum atomic E-state index is -3.72. The summed E-state index contributed by atoms with van der Waals surface area (Å²) in [5.74, 6) is 0.486. The topological polar surface area (TPSA) is 110 Å². The number of rotatable bonds is 4. The highest BCUT2D eigenvalue weighted by Gasteiger charge is 2.61. The van der Waals surface area contributed by atoms with Crippen LogP contribution in [0.4, 0.5) is 0 Å². The van der Waals surface area contributed by atoms with Crippen LogP contribution in [0.25, 0.3) is 0 Å². The van der Waals surface area contributed by atoms with Crippen LogP contribution >= 0.6 is 0 Å². The third-order valence-corrected chi connectivity index (χ3v) is 9.43. The zero-order chi connectivity index (χ0) is 20.4. The standard InChI is InChI=1S/C21H25N3O4S/c22-12-21(7-1-2-8-21)23-20(26)13-3-5-16(6-4-13)29(27,28)24-11-15-9-14-10-17(15)18(24)19(14)25/h3-6,14-15,17-19,25H,1-2,7-11H2,(H,23,26)/t14-,15-,17+,18+,19-/m0/s1. The zero-order valence-electron chi connectivity index (χ0n) is 16.1. The second-order valence-electron chi connectivity index (χ2n) is 9.09. The summed E-state index contributed by atoms with van der Waals surface area (Å²) in [6, 6.07) is 7.82. The SMILES string of the molecule is N#CC1(NC(=O)c2ccc(S(=O)(=O)N3C[C@@H]4C[C@H]5C[C@H]4[C@@H]3[C@H]5O)cc2)CCCC1.